The minimum absolute atomic E-state index is 0.201. The molecule has 0 N–H and O–H groups in total. The lowest BCUT2D eigenvalue weighted by atomic mass is 9.95. The van der Waals surface area contributed by atoms with Gasteiger partial charge in [0.05, 0.1) is 5.69 Å². The molecule has 2 nitrogen and oxygen atoms in total. The molecule has 0 aliphatic carbocycles. The van der Waals surface area contributed by atoms with Crippen molar-refractivity contribution in [3.05, 3.63) is 42.5 Å². The molecule has 2 rings (SSSR count). The molecule has 0 amide bonds. The van der Waals surface area contributed by atoms with Gasteiger partial charge in [0.25, 0.3) is 0 Å². The molecule has 0 saturated heterocycles. The second-order valence-corrected chi connectivity index (χ2v) is 2.88. The summed E-state index contributed by atoms with van der Waals surface area (Å²) in [6, 6.07) is 6.86. The van der Waals surface area contributed by atoms with Crippen LogP contribution in [0.1, 0.15) is 0 Å². The van der Waals surface area contributed by atoms with Gasteiger partial charge >= 0.3 is 0 Å². The highest BCUT2D eigenvalue weighted by Gasteiger charge is 2.00. The van der Waals surface area contributed by atoms with Crippen molar-refractivity contribution in [1.82, 2.24) is 9.78 Å². The van der Waals surface area contributed by atoms with Crippen LogP contribution in [-0.2, 0) is 0 Å². The average molecular weight is 174 g/mol. The second kappa shape index (κ2) is 3.05. The third-order valence-electron chi connectivity index (χ3n) is 1.92. The fourth-order valence-electron chi connectivity index (χ4n) is 1.15. The topological polar surface area (TPSA) is 17.8 Å². The second-order valence-electron chi connectivity index (χ2n) is 2.88. The predicted molar refractivity (Wildman–Crippen MR) is 51.7 cm³/mol. The predicted octanol–water partition coefficient (Wildman–Crippen LogP) is 0.270. The number of nitrogens with zero attached hydrogens (tertiary/aromatic N) is 2. The monoisotopic (exact) mass is 174 g/mol. The van der Waals surface area contributed by atoms with Crippen molar-refractivity contribution in [3.63, 3.8) is 0 Å². The minimum Gasteiger partial charge on any atom is -0.241 e. The van der Waals surface area contributed by atoms with Crippen molar-refractivity contribution in [3.8, 4) is 5.69 Å². The van der Waals surface area contributed by atoms with Crippen molar-refractivity contribution >= 4 is 13.3 Å². The Labute approximate surface area is 76.4 Å². The molecule has 64 valence electrons. The van der Waals surface area contributed by atoms with Gasteiger partial charge in [-0.1, -0.05) is 11.5 Å². The van der Waals surface area contributed by atoms with Crippen LogP contribution in [0, 0.1) is 5.82 Å². The highest BCUT2D eigenvalue weighted by molar-refractivity contribution is 6.32. The number of aromatic nitrogens is 2. The molecule has 0 saturated carbocycles. The lowest BCUT2D eigenvalue weighted by molar-refractivity contribution is 0.633. The first-order chi connectivity index (χ1) is 6.27. The minimum atomic E-state index is -0.201. The largest absolute Gasteiger partial charge is 0.241 e. The molecular weight excluding hydrogens is 166 g/mol. The van der Waals surface area contributed by atoms with E-state index in [-0.39, 0.29) is 5.82 Å². The Kier molecular flexibility index (Phi) is 1.89. The van der Waals surface area contributed by atoms with Crippen LogP contribution < -0.4 is 5.46 Å². The molecule has 0 unspecified atom stereocenters. The third-order valence-corrected chi connectivity index (χ3v) is 1.92. The van der Waals surface area contributed by atoms with E-state index in [1.807, 2.05) is 6.07 Å². The Bertz CT molecular complexity index is 412. The van der Waals surface area contributed by atoms with Gasteiger partial charge in [-0.15, -0.1) is 0 Å². The van der Waals surface area contributed by atoms with Crippen LogP contribution >= 0.6 is 0 Å². The smallest absolute Gasteiger partial charge is 0.143 e. The van der Waals surface area contributed by atoms with Crippen LogP contribution in [0.15, 0.2) is 36.7 Å². The molecule has 4 heteroatoms. The molecule has 1 aromatic carbocycles. The van der Waals surface area contributed by atoms with Gasteiger partial charge in [-0.3, -0.25) is 0 Å². The van der Waals surface area contributed by atoms with E-state index in [2.05, 4.69) is 5.10 Å². The van der Waals surface area contributed by atoms with Gasteiger partial charge < -0.3 is 0 Å². The Hall–Kier alpha value is -1.58. The number of hydrogen-bond donors (Lipinski definition) is 0. The quantitative estimate of drug-likeness (QED) is 0.567. The van der Waals surface area contributed by atoms with E-state index in [4.69, 9.17) is 0 Å². The van der Waals surface area contributed by atoms with Gasteiger partial charge in [0.2, 0.25) is 0 Å². The van der Waals surface area contributed by atoms with E-state index in [1.54, 1.807) is 37.1 Å². The zero-order valence-corrected chi connectivity index (χ0v) is 7.24. The van der Waals surface area contributed by atoms with Gasteiger partial charge in [-0.25, -0.2) is 9.07 Å². The summed E-state index contributed by atoms with van der Waals surface area (Å²) >= 11 is 0. The summed E-state index contributed by atoms with van der Waals surface area (Å²) in [7, 11) is 1.74. The van der Waals surface area contributed by atoms with Crippen molar-refractivity contribution in [2.75, 3.05) is 0 Å². The molecule has 0 spiro atoms. The van der Waals surface area contributed by atoms with Crippen LogP contribution in [-0.4, -0.2) is 17.6 Å². The first-order valence-corrected chi connectivity index (χ1v) is 4.03. The highest BCUT2D eigenvalue weighted by Crippen LogP contribution is 2.05. The lowest BCUT2D eigenvalue weighted by Crippen LogP contribution is -2.09. The van der Waals surface area contributed by atoms with E-state index in [1.165, 1.54) is 6.07 Å². The Morgan fingerprint density at radius 2 is 2.23 bits per heavy atom. The van der Waals surface area contributed by atoms with Gasteiger partial charge in [0, 0.05) is 12.4 Å². The Balaban J connectivity index is 2.49. The van der Waals surface area contributed by atoms with Gasteiger partial charge in [0.1, 0.15) is 13.7 Å². The SMILES string of the molecule is Bc1ccc(-n2cccn2)cc1F. The summed E-state index contributed by atoms with van der Waals surface area (Å²) in [4.78, 5) is 0. The fourth-order valence-corrected chi connectivity index (χ4v) is 1.15. The first kappa shape index (κ1) is 8.04. The van der Waals surface area contributed by atoms with E-state index >= 15 is 0 Å². The van der Waals surface area contributed by atoms with Crippen LogP contribution in [0.2, 0.25) is 0 Å². The number of halogens is 1. The first-order valence-electron chi connectivity index (χ1n) is 4.03. The number of hydrogen-bond acceptors (Lipinski definition) is 1. The number of rotatable bonds is 1. The van der Waals surface area contributed by atoms with Crippen molar-refractivity contribution < 1.29 is 4.39 Å². The van der Waals surface area contributed by atoms with Crippen molar-refractivity contribution in [2.24, 2.45) is 0 Å². The molecule has 0 bridgehead atoms. The lowest BCUT2D eigenvalue weighted by Gasteiger charge is -2.02. The molecule has 13 heavy (non-hydrogen) atoms. The average Bonchev–Trinajstić information content (AvgIpc) is 2.62. The summed E-state index contributed by atoms with van der Waals surface area (Å²) in [6.45, 7) is 0. The van der Waals surface area contributed by atoms with Crippen molar-refractivity contribution in [2.45, 2.75) is 0 Å². The molecule has 0 fully saturated rings. The highest BCUT2D eigenvalue weighted by atomic mass is 19.1. The molecule has 0 radical (unpaired) electrons. The molecule has 0 atom stereocenters. The molecule has 1 heterocycles. The molecule has 2 aromatic rings. The third kappa shape index (κ3) is 1.47. The van der Waals surface area contributed by atoms with Gasteiger partial charge in [-0.05, 0) is 18.2 Å². The van der Waals surface area contributed by atoms with Crippen molar-refractivity contribution in [1.29, 1.82) is 0 Å². The maximum Gasteiger partial charge on any atom is 0.143 e. The van der Waals surface area contributed by atoms with Gasteiger partial charge in [-0.2, -0.15) is 5.10 Å². The zero-order valence-electron chi connectivity index (χ0n) is 7.24. The fraction of sp³-hybridized carbons (Fsp3) is 0. The Morgan fingerprint density at radius 1 is 1.38 bits per heavy atom. The van der Waals surface area contributed by atoms with Crippen LogP contribution in [0.5, 0.6) is 0 Å². The summed E-state index contributed by atoms with van der Waals surface area (Å²) in [5.74, 6) is -0.201. The van der Waals surface area contributed by atoms with E-state index in [0.29, 0.717) is 5.46 Å². The molecule has 1 aromatic heterocycles. The summed E-state index contributed by atoms with van der Waals surface area (Å²) in [5, 5.41) is 4.01. The summed E-state index contributed by atoms with van der Waals surface area (Å²) < 4.78 is 14.8. The summed E-state index contributed by atoms with van der Waals surface area (Å²) in [5.41, 5.74) is 1.39. The van der Waals surface area contributed by atoms with Crippen LogP contribution in [0.3, 0.4) is 0 Å². The molecule has 0 aliphatic heterocycles. The maximum atomic E-state index is 13.1. The molecular formula is C9H8BFN2. The van der Waals surface area contributed by atoms with Gasteiger partial charge in [0.15, 0.2) is 0 Å². The van der Waals surface area contributed by atoms with E-state index < -0.39 is 0 Å². The Morgan fingerprint density at radius 3 is 2.85 bits per heavy atom. The standard InChI is InChI=1S/C9H8BFN2/c10-8-3-2-7(6-9(8)11)13-5-1-4-12-13/h1-6H,10H2. The molecule has 0 aliphatic rings. The van der Waals surface area contributed by atoms with E-state index in [0.717, 1.165) is 5.69 Å². The normalized spacial score (nSPS) is 10.2. The maximum absolute atomic E-state index is 13.1. The summed E-state index contributed by atoms with van der Waals surface area (Å²) in [6.07, 6.45) is 3.45. The van der Waals surface area contributed by atoms with E-state index in [9.17, 15) is 4.39 Å². The van der Waals surface area contributed by atoms with Crippen LogP contribution in [0.25, 0.3) is 5.69 Å². The number of benzene rings is 1. The van der Waals surface area contributed by atoms with Crippen LogP contribution in [0.4, 0.5) is 4.39 Å². The zero-order chi connectivity index (χ0) is 9.26.